The number of nitrogens with zero attached hydrogens (tertiary/aromatic N) is 3. The van der Waals surface area contributed by atoms with Crippen LogP contribution in [0.5, 0.6) is 11.7 Å². The molecule has 1 aliphatic carbocycles. The third-order valence-electron chi connectivity index (χ3n) is 7.70. The number of halogens is 1. The molecule has 5 rings (SSSR count). The van der Waals surface area contributed by atoms with Gasteiger partial charge in [-0.3, -0.25) is 20.3 Å². The van der Waals surface area contributed by atoms with Gasteiger partial charge in [0.25, 0.3) is 0 Å². The highest BCUT2D eigenvalue weighted by Crippen LogP contribution is 2.48. The molecule has 0 saturated heterocycles. The number of aryl methyl sites for hydroxylation is 4. The summed E-state index contributed by atoms with van der Waals surface area (Å²) in [6, 6.07) is 7.83. The average molecular weight is 581 g/mol. The molecule has 200 valence electrons. The molecule has 0 saturated carbocycles. The van der Waals surface area contributed by atoms with Crippen molar-refractivity contribution in [2.24, 2.45) is 7.05 Å². The smallest absolute Gasteiger partial charge is 0.305 e. The number of aromatic nitrogens is 3. The van der Waals surface area contributed by atoms with Crippen molar-refractivity contribution in [2.75, 3.05) is 5.43 Å². The maximum atomic E-state index is 12.9. The van der Waals surface area contributed by atoms with E-state index in [0.29, 0.717) is 16.0 Å². The lowest BCUT2D eigenvalue weighted by atomic mass is 9.63. The molecule has 8 nitrogen and oxygen atoms in total. The van der Waals surface area contributed by atoms with Crippen LogP contribution < -0.4 is 15.6 Å². The van der Waals surface area contributed by atoms with Crippen LogP contribution in [0.3, 0.4) is 0 Å². The fourth-order valence-corrected chi connectivity index (χ4v) is 5.72. The van der Waals surface area contributed by atoms with E-state index < -0.39 is 5.91 Å². The number of hydrogen-bond acceptors (Lipinski definition) is 6. The molecule has 0 bridgehead atoms. The van der Waals surface area contributed by atoms with Crippen LogP contribution in [-0.4, -0.2) is 20.7 Å². The highest BCUT2D eigenvalue weighted by atomic mass is 79.9. The molecule has 0 radical (unpaired) electrons. The molecular formula is C29H34BrN5O3. The number of amides is 1. The molecule has 0 aliphatic heterocycles. The largest absolute Gasteiger partial charge is 0.425 e. The third kappa shape index (κ3) is 4.57. The van der Waals surface area contributed by atoms with E-state index in [1.807, 2.05) is 33.9 Å². The van der Waals surface area contributed by atoms with Crippen molar-refractivity contribution >= 4 is 38.7 Å². The molecule has 9 heteroatoms. The van der Waals surface area contributed by atoms with E-state index in [9.17, 15) is 4.79 Å². The first-order valence-corrected chi connectivity index (χ1v) is 13.6. The van der Waals surface area contributed by atoms with Crippen molar-refractivity contribution in [1.29, 1.82) is 0 Å². The van der Waals surface area contributed by atoms with Gasteiger partial charge in [-0.05, 0) is 94.8 Å². The van der Waals surface area contributed by atoms with Crippen molar-refractivity contribution in [2.45, 2.75) is 72.1 Å². The first-order chi connectivity index (χ1) is 17.8. The molecule has 3 heterocycles. The summed E-state index contributed by atoms with van der Waals surface area (Å²) in [5, 5.41) is 5.44. The van der Waals surface area contributed by atoms with Crippen LogP contribution in [0.25, 0.3) is 11.0 Å². The number of nitrogens with one attached hydrogen (secondary N) is 2. The number of benzene rings is 1. The predicted molar refractivity (Wildman–Crippen MR) is 152 cm³/mol. The Balaban J connectivity index is 1.35. The van der Waals surface area contributed by atoms with Crippen molar-refractivity contribution in [3.8, 4) is 11.7 Å². The zero-order valence-corrected chi connectivity index (χ0v) is 24.8. The highest BCUT2D eigenvalue weighted by Gasteiger charge is 2.37. The van der Waals surface area contributed by atoms with E-state index in [1.165, 1.54) is 11.1 Å². The topological polar surface area (TPSA) is 94.2 Å². The SMILES string of the molecule is Cc1cc2c(cc1Oc1oc(C(=O)NNc3cc(C)c4c(C)nn(C)c4n3)cc1Br)C(C)(C)CCC2(C)C. The predicted octanol–water partition coefficient (Wildman–Crippen LogP) is 7.15. The van der Waals surface area contributed by atoms with Gasteiger partial charge in [-0.1, -0.05) is 33.8 Å². The first kappa shape index (κ1) is 26.3. The van der Waals surface area contributed by atoms with E-state index in [1.54, 1.807) is 10.7 Å². The Morgan fingerprint density at radius 3 is 2.37 bits per heavy atom. The number of rotatable bonds is 5. The normalized spacial score (nSPS) is 15.8. The van der Waals surface area contributed by atoms with Crippen LogP contribution in [0.15, 0.2) is 33.2 Å². The molecule has 38 heavy (non-hydrogen) atoms. The van der Waals surface area contributed by atoms with Crippen molar-refractivity contribution in [3.05, 3.63) is 62.4 Å². The molecule has 0 spiro atoms. The Labute approximate surface area is 231 Å². The van der Waals surface area contributed by atoms with Crippen molar-refractivity contribution < 1.29 is 13.9 Å². The van der Waals surface area contributed by atoms with Crippen LogP contribution in [0.1, 0.15) is 79.0 Å². The monoisotopic (exact) mass is 579 g/mol. The number of furan rings is 1. The fourth-order valence-electron chi connectivity index (χ4n) is 5.35. The van der Waals surface area contributed by atoms with E-state index in [4.69, 9.17) is 9.15 Å². The minimum atomic E-state index is -0.452. The van der Waals surface area contributed by atoms with E-state index >= 15 is 0 Å². The maximum Gasteiger partial charge on any atom is 0.305 e. The molecule has 0 atom stereocenters. The van der Waals surface area contributed by atoms with Gasteiger partial charge in [0.2, 0.25) is 0 Å². The number of carbonyl (C=O) groups is 1. The van der Waals surface area contributed by atoms with Gasteiger partial charge in [0.15, 0.2) is 11.4 Å². The summed E-state index contributed by atoms with van der Waals surface area (Å²) in [4.78, 5) is 17.5. The average Bonchev–Trinajstić information content (AvgIpc) is 3.35. The molecule has 2 N–H and O–H groups in total. The van der Waals surface area contributed by atoms with Gasteiger partial charge in [0.05, 0.1) is 5.69 Å². The molecule has 1 aromatic carbocycles. The van der Waals surface area contributed by atoms with Crippen molar-refractivity contribution in [3.63, 3.8) is 0 Å². The summed E-state index contributed by atoms with van der Waals surface area (Å²) < 4.78 is 14.3. The van der Waals surface area contributed by atoms with Crippen LogP contribution in [0, 0.1) is 20.8 Å². The quantitative estimate of drug-likeness (QED) is 0.244. The zero-order valence-electron chi connectivity index (χ0n) is 23.2. The van der Waals surface area contributed by atoms with E-state index in [0.717, 1.165) is 40.7 Å². The van der Waals surface area contributed by atoms with Gasteiger partial charge in [0.1, 0.15) is 16.0 Å². The Kier molecular flexibility index (Phi) is 6.33. The molecular weight excluding hydrogens is 546 g/mol. The summed E-state index contributed by atoms with van der Waals surface area (Å²) in [5.74, 6) is 1.10. The number of hydrogen-bond donors (Lipinski definition) is 2. The van der Waals surface area contributed by atoms with Gasteiger partial charge in [-0.15, -0.1) is 0 Å². The number of carbonyl (C=O) groups excluding carboxylic acids is 1. The lowest BCUT2D eigenvalue weighted by molar-refractivity contribution is 0.0930. The summed E-state index contributed by atoms with van der Waals surface area (Å²) in [6.07, 6.45) is 2.26. The molecule has 1 aliphatic rings. The maximum absolute atomic E-state index is 12.9. The second kappa shape index (κ2) is 9.15. The number of anilines is 1. The van der Waals surface area contributed by atoms with Crippen molar-refractivity contribution in [1.82, 2.24) is 20.2 Å². The van der Waals surface area contributed by atoms with E-state index in [-0.39, 0.29) is 22.5 Å². The van der Waals surface area contributed by atoms with Crippen LogP contribution >= 0.6 is 15.9 Å². The molecule has 4 aromatic rings. The third-order valence-corrected chi connectivity index (χ3v) is 8.25. The summed E-state index contributed by atoms with van der Waals surface area (Å²) in [6.45, 7) is 15.1. The fraction of sp³-hybridized carbons (Fsp3) is 0.414. The number of ether oxygens (including phenoxy) is 1. The summed E-state index contributed by atoms with van der Waals surface area (Å²) >= 11 is 3.48. The number of fused-ring (bicyclic) bond motifs is 2. The minimum absolute atomic E-state index is 0.0529. The second-order valence-corrected chi connectivity index (χ2v) is 12.4. The van der Waals surface area contributed by atoms with E-state index in [2.05, 4.69) is 76.7 Å². The standard InChI is InChI=1S/C29H34BrN5O3/c1-15-11-18-19(29(6,7)10-9-28(18,4)5)13-21(15)37-27-20(30)14-22(38-27)26(36)33-32-23-12-16(2)24-17(3)34-35(8)25(24)31-23/h11-14H,9-10H2,1-8H3,(H,31,32)(H,33,36). The zero-order chi connectivity index (χ0) is 27.6. The van der Waals surface area contributed by atoms with Gasteiger partial charge < -0.3 is 9.15 Å². The molecule has 0 fully saturated rings. The lowest BCUT2D eigenvalue weighted by Crippen LogP contribution is -2.33. The number of hydrazine groups is 1. The second-order valence-electron chi connectivity index (χ2n) is 11.6. The van der Waals surface area contributed by atoms with Gasteiger partial charge in [-0.2, -0.15) is 5.10 Å². The molecule has 0 unspecified atom stereocenters. The number of pyridine rings is 1. The van der Waals surface area contributed by atoms with Crippen LogP contribution in [0.4, 0.5) is 5.82 Å². The first-order valence-electron chi connectivity index (χ1n) is 12.8. The van der Waals surface area contributed by atoms with Crippen LogP contribution in [0.2, 0.25) is 0 Å². The Hall–Kier alpha value is -3.33. The van der Waals surface area contributed by atoms with Gasteiger partial charge in [0, 0.05) is 18.5 Å². The Bertz CT molecular complexity index is 1580. The summed E-state index contributed by atoms with van der Waals surface area (Å²) in [7, 11) is 1.85. The minimum Gasteiger partial charge on any atom is -0.425 e. The lowest BCUT2D eigenvalue weighted by Gasteiger charge is -2.42. The Morgan fingerprint density at radius 2 is 1.68 bits per heavy atom. The summed E-state index contributed by atoms with van der Waals surface area (Å²) in [5.41, 5.74) is 12.1. The Morgan fingerprint density at radius 1 is 1.03 bits per heavy atom. The molecule has 3 aromatic heterocycles. The molecule has 1 amide bonds. The van der Waals surface area contributed by atoms with Crippen LogP contribution in [-0.2, 0) is 17.9 Å². The van der Waals surface area contributed by atoms with Gasteiger partial charge >= 0.3 is 11.9 Å². The van der Waals surface area contributed by atoms with Gasteiger partial charge in [-0.25, -0.2) is 4.98 Å². The highest BCUT2D eigenvalue weighted by molar-refractivity contribution is 9.10.